The van der Waals surface area contributed by atoms with E-state index in [1.807, 2.05) is 0 Å². The van der Waals surface area contributed by atoms with E-state index in [1.54, 1.807) is 0 Å². The van der Waals surface area contributed by atoms with Crippen LogP contribution in [0.4, 0.5) is 0 Å². The number of sulfone groups is 1. The Bertz CT molecular complexity index is 354. The lowest BCUT2D eigenvalue weighted by Gasteiger charge is -2.27. The largest absolute Gasteiger partial charge is 0.356 e. The van der Waals surface area contributed by atoms with Crippen LogP contribution in [0.25, 0.3) is 0 Å². The van der Waals surface area contributed by atoms with E-state index in [0.717, 1.165) is 19.4 Å². The van der Waals surface area contributed by atoms with Crippen LogP contribution in [0.15, 0.2) is 0 Å². The van der Waals surface area contributed by atoms with Crippen molar-refractivity contribution in [1.82, 2.24) is 10.6 Å². The van der Waals surface area contributed by atoms with Crippen LogP contribution in [-0.4, -0.2) is 45.5 Å². The van der Waals surface area contributed by atoms with Gasteiger partial charge in [0.25, 0.3) is 0 Å². The molecule has 0 aromatic rings. The van der Waals surface area contributed by atoms with E-state index < -0.39 is 9.84 Å². The quantitative estimate of drug-likeness (QED) is 0.680. The Morgan fingerprint density at radius 3 is 2.76 bits per heavy atom. The van der Waals surface area contributed by atoms with Crippen molar-refractivity contribution in [3.8, 4) is 0 Å². The van der Waals surface area contributed by atoms with Crippen LogP contribution in [0.2, 0.25) is 0 Å². The first-order chi connectivity index (χ1) is 7.88. The predicted molar refractivity (Wildman–Crippen MR) is 67.5 cm³/mol. The standard InChI is InChI=1S/C11H22N2O3S/c1-9-8-10(4-6-12-9)11(14)13-5-3-7-17(2,15)16/h9-10,12H,3-8H2,1-2H3,(H,13,14). The fourth-order valence-electron chi connectivity index (χ4n) is 2.06. The van der Waals surface area contributed by atoms with Crippen LogP contribution in [-0.2, 0) is 14.6 Å². The summed E-state index contributed by atoms with van der Waals surface area (Å²) in [5.41, 5.74) is 0. The summed E-state index contributed by atoms with van der Waals surface area (Å²) >= 11 is 0. The van der Waals surface area contributed by atoms with Crippen LogP contribution in [0.1, 0.15) is 26.2 Å². The molecule has 0 bridgehead atoms. The average Bonchev–Trinajstić information content (AvgIpc) is 2.23. The van der Waals surface area contributed by atoms with Crippen molar-refractivity contribution in [3.63, 3.8) is 0 Å². The maximum absolute atomic E-state index is 11.8. The number of rotatable bonds is 5. The first-order valence-electron chi connectivity index (χ1n) is 6.07. The highest BCUT2D eigenvalue weighted by molar-refractivity contribution is 7.90. The minimum Gasteiger partial charge on any atom is -0.356 e. The van der Waals surface area contributed by atoms with Crippen LogP contribution in [0.5, 0.6) is 0 Å². The van der Waals surface area contributed by atoms with Crippen molar-refractivity contribution in [2.75, 3.05) is 25.1 Å². The molecule has 0 saturated carbocycles. The fraction of sp³-hybridized carbons (Fsp3) is 0.909. The van der Waals surface area contributed by atoms with E-state index in [-0.39, 0.29) is 17.6 Å². The number of carbonyl (C=O) groups excluding carboxylic acids is 1. The molecule has 5 nitrogen and oxygen atoms in total. The summed E-state index contributed by atoms with van der Waals surface area (Å²) in [6.07, 6.45) is 3.43. The van der Waals surface area contributed by atoms with Gasteiger partial charge in [0.2, 0.25) is 5.91 Å². The average molecular weight is 262 g/mol. The van der Waals surface area contributed by atoms with Gasteiger partial charge in [-0.05, 0) is 32.7 Å². The van der Waals surface area contributed by atoms with Gasteiger partial charge in [0, 0.05) is 24.8 Å². The lowest BCUT2D eigenvalue weighted by atomic mass is 9.92. The number of amides is 1. The fourth-order valence-corrected chi connectivity index (χ4v) is 2.73. The minimum absolute atomic E-state index is 0.0619. The van der Waals surface area contributed by atoms with Gasteiger partial charge in [0.1, 0.15) is 9.84 Å². The van der Waals surface area contributed by atoms with Gasteiger partial charge in [-0.15, -0.1) is 0 Å². The lowest BCUT2D eigenvalue weighted by molar-refractivity contribution is -0.126. The summed E-state index contributed by atoms with van der Waals surface area (Å²) in [4.78, 5) is 11.8. The molecule has 1 rings (SSSR count). The summed E-state index contributed by atoms with van der Waals surface area (Å²) in [5.74, 6) is 0.270. The van der Waals surface area contributed by atoms with Crippen LogP contribution >= 0.6 is 0 Å². The van der Waals surface area contributed by atoms with E-state index in [9.17, 15) is 13.2 Å². The maximum Gasteiger partial charge on any atom is 0.223 e. The van der Waals surface area contributed by atoms with Gasteiger partial charge in [-0.3, -0.25) is 4.79 Å². The van der Waals surface area contributed by atoms with Crippen LogP contribution in [0.3, 0.4) is 0 Å². The highest BCUT2D eigenvalue weighted by Crippen LogP contribution is 2.15. The molecule has 0 spiro atoms. The Kier molecular flexibility index (Phi) is 5.39. The second-order valence-electron chi connectivity index (χ2n) is 4.85. The molecule has 2 atom stereocenters. The zero-order valence-electron chi connectivity index (χ0n) is 10.5. The molecule has 1 heterocycles. The molecule has 17 heavy (non-hydrogen) atoms. The van der Waals surface area contributed by atoms with Crippen LogP contribution in [0, 0.1) is 5.92 Å². The molecule has 0 aliphatic carbocycles. The zero-order chi connectivity index (χ0) is 12.9. The molecule has 1 fully saturated rings. The van der Waals surface area contributed by atoms with E-state index >= 15 is 0 Å². The van der Waals surface area contributed by atoms with E-state index in [2.05, 4.69) is 17.6 Å². The van der Waals surface area contributed by atoms with Gasteiger partial charge in [-0.1, -0.05) is 0 Å². The van der Waals surface area contributed by atoms with Crippen molar-refractivity contribution in [2.45, 2.75) is 32.2 Å². The van der Waals surface area contributed by atoms with Gasteiger partial charge in [0.05, 0.1) is 5.75 Å². The summed E-state index contributed by atoms with van der Waals surface area (Å²) in [7, 11) is -2.92. The Hall–Kier alpha value is -0.620. The summed E-state index contributed by atoms with van der Waals surface area (Å²) < 4.78 is 21.8. The number of hydrogen-bond acceptors (Lipinski definition) is 4. The second kappa shape index (κ2) is 6.35. The molecule has 0 aromatic heterocycles. The lowest BCUT2D eigenvalue weighted by Crippen LogP contribution is -2.42. The molecule has 1 amide bonds. The molecule has 1 saturated heterocycles. The first kappa shape index (κ1) is 14.4. The topological polar surface area (TPSA) is 75.3 Å². The zero-order valence-corrected chi connectivity index (χ0v) is 11.3. The highest BCUT2D eigenvalue weighted by Gasteiger charge is 2.24. The molecular weight excluding hydrogens is 240 g/mol. The SMILES string of the molecule is CC1CC(C(=O)NCCCS(C)(=O)=O)CCN1. The highest BCUT2D eigenvalue weighted by atomic mass is 32.2. The van der Waals surface area contributed by atoms with Crippen molar-refractivity contribution in [2.24, 2.45) is 5.92 Å². The van der Waals surface area contributed by atoms with Gasteiger partial charge in [0.15, 0.2) is 0 Å². The van der Waals surface area contributed by atoms with Crippen LogP contribution < -0.4 is 10.6 Å². The first-order valence-corrected chi connectivity index (χ1v) is 8.13. The Balaban J connectivity index is 2.20. The maximum atomic E-state index is 11.8. The van der Waals surface area contributed by atoms with Gasteiger partial charge in [-0.25, -0.2) is 8.42 Å². The molecule has 6 heteroatoms. The molecule has 2 unspecified atom stereocenters. The third-order valence-electron chi connectivity index (χ3n) is 2.99. The smallest absolute Gasteiger partial charge is 0.223 e. The molecule has 1 aliphatic heterocycles. The normalized spacial score (nSPS) is 25.5. The third kappa shape index (κ3) is 6.02. The Labute approximate surface area is 103 Å². The number of piperidine rings is 1. The second-order valence-corrected chi connectivity index (χ2v) is 7.11. The summed E-state index contributed by atoms with van der Waals surface area (Å²) in [6, 6.07) is 0.385. The van der Waals surface area contributed by atoms with E-state index in [0.29, 0.717) is 19.0 Å². The monoisotopic (exact) mass is 262 g/mol. The van der Waals surface area contributed by atoms with E-state index in [4.69, 9.17) is 0 Å². The van der Waals surface area contributed by atoms with Crippen molar-refractivity contribution in [1.29, 1.82) is 0 Å². The van der Waals surface area contributed by atoms with Crippen molar-refractivity contribution in [3.05, 3.63) is 0 Å². The molecule has 100 valence electrons. The number of hydrogen-bond donors (Lipinski definition) is 2. The summed E-state index contributed by atoms with van der Waals surface area (Å²) in [5, 5.41) is 6.11. The Morgan fingerprint density at radius 1 is 1.47 bits per heavy atom. The molecule has 1 aliphatic rings. The summed E-state index contributed by atoms with van der Waals surface area (Å²) in [6.45, 7) is 3.40. The Morgan fingerprint density at radius 2 is 2.18 bits per heavy atom. The third-order valence-corrected chi connectivity index (χ3v) is 4.02. The number of carbonyl (C=O) groups is 1. The van der Waals surface area contributed by atoms with E-state index in [1.165, 1.54) is 6.26 Å². The molecular formula is C11H22N2O3S. The number of nitrogens with one attached hydrogen (secondary N) is 2. The van der Waals surface area contributed by atoms with Crippen molar-refractivity contribution >= 4 is 15.7 Å². The molecule has 2 N–H and O–H groups in total. The van der Waals surface area contributed by atoms with Gasteiger partial charge < -0.3 is 10.6 Å². The van der Waals surface area contributed by atoms with Gasteiger partial charge >= 0.3 is 0 Å². The van der Waals surface area contributed by atoms with Gasteiger partial charge in [-0.2, -0.15) is 0 Å². The molecule has 0 radical (unpaired) electrons. The molecule has 0 aromatic carbocycles. The minimum atomic E-state index is -2.92. The van der Waals surface area contributed by atoms with Crippen molar-refractivity contribution < 1.29 is 13.2 Å². The predicted octanol–water partition coefficient (Wildman–Crippen LogP) is -0.0746.